The van der Waals surface area contributed by atoms with Crippen LogP contribution in [0.2, 0.25) is 0 Å². The molecule has 7 aromatic rings. The molecule has 1 aromatic heterocycles. The van der Waals surface area contributed by atoms with Crippen LogP contribution >= 0.6 is 0 Å². The SMILES string of the molecule is CCN(CC)c1ccc2c(c1)Oc1cc(N(CC)CC)ccc1C21c2ccccc2C(=O)N1/N=C/c1ccc2cccc(OCCNS(=O)(=O)c3cccc4c(N(C)C)cccc34)c2n1. The van der Waals surface area contributed by atoms with Crippen molar-refractivity contribution < 1.29 is 22.7 Å². The van der Waals surface area contributed by atoms with E-state index in [-0.39, 0.29) is 24.0 Å². The molecule has 12 nitrogen and oxygen atoms in total. The van der Waals surface area contributed by atoms with Crippen LogP contribution in [0, 0.1) is 0 Å². The van der Waals surface area contributed by atoms with Gasteiger partial charge in [0.15, 0.2) is 0 Å². The van der Waals surface area contributed by atoms with Crippen molar-refractivity contribution >= 4 is 60.9 Å². The van der Waals surface area contributed by atoms with E-state index in [1.54, 1.807) is 23.4 Å². The number of carbonyl (C=O) groups is 1. The molecule has 65 heavy (non-hydrogen) atoms. The number of pyridine rings is 1. The summed E-state index contributed by atoms with van der Waals surface area (Å²) >= 11 is 0. The van der Waals surface area contributed by atoms with Gasteiger partial charge >= 0.3 is 0 Å². The quantitative estimate of drug-likeness (QED) is 0.0794. The summed E-state index contributed by atoms with van der Waals surface area (Å²) < 4.78 is 43.0. The number of fused-ring (bicyclic) bond motifs is 8. The topological polar surface area (TPSA) is 120 Å². The zero-order chi connectivity index (χ0) is 45.5. The van der Waals surface area contributed by atoms with Crippen molar-refractivity contribution in [1.29, 1.82) is 0 Å². The standard InChI is InChI=1S/C52H53N7O5S/c1-7-57(8-2)37-26-28-43-47(32-37)64-48-33-38(58(9-3)10-4)27-29-44(48)52(43)42-20-12-11-17-41(42)51(60)59(52)53-34-36-25-24-35-16-13-22-46(50(35)55-36)63-31-30-54-65(61,62)49-23-15-18-39-40(49)19-14-21-45(39)56(5)6/h11-29,32-34,54H,7-10,30-31H2,1-6H3/b53-34+. The highest BCUT2D eigenvalue weighted by Crippen LogP contribution is 2.58. The van der Waals surface area contributed by atoms with E-state index in [0.29, 0.717) is 39.4 Å². The molecular weight excluding hydrogens is 835 g/mol. The Bertz CT molecular complexity index is 3030. The Morgan fingerprint density at radius 1 is 0.738 bits per heavy atom. The van der Waals surface area contributed by atoms with Crippen molar-refractivity contribution in [3.8, 4) is 17.2 Å². The summed E-state index contributed by atoms with van der Waals surface area (Å²) in [4.78, 5) is 26.5. The summed E-state index contributed by atoms with van der Waals surface area (Å²) in [6, 6.07) is 40.6. The maximum absolute atomic E-state index is 14.8. The second-order valence-electron chi connectivity index (χ2n) is 16.3. The molecule has 1 spiro atoms. The Labute approximate surface area is 380 Å². The predicted octanol–water partition coefficient (Wildman–Crippen LogP) is 9.39. The summed E-state index contributed by atoms with van der Waals surface area (Å²) in [5.74, 6) is 1.56. The number of anilines is 3. The lowest BCUT2D eigenvalue weighted by molar-refractivity contribution is 0.0675. The van der Waals surface area contributed by atoms with Crippen LogP contribution < -0.4 is 28.9 Å². The molecule has 9 rings (SSSR count). The van der Waals surface area contributed by atoms with E-state index < -0.39 is 15.6 Å². The van der Waals surface area contributed by atoms with Crippen LogP contribution in [0.15, 0.2) is 137 Å². The maximum Gasteiger partial charge on any atom is 0.275 e. The molecule has 1 amide bonds. The molecule has 332 valence electrons. The van der Waals surface area contributed by atoms with Crippen LogP contribution in [-0.4, -0.2) is 84.0 Å². The van der Waals surface area contributed by atoms with Gasteiger partial charge in [0.05, 0.1) is 16.8 Å². The van der Waals surface area contributed by atoms with Gasteiger partial charge in [0, 0.05) is 114 Å². The summed E-state index contributed by atoms with van der Waals surface area (Å²) in [5, 5.41) is 8.96. The zero-order valence-corrected chi connectivity index (χ0v) is 38.4. The first kappa shape index (κ1) is 43.3. The van der Waals surface area contributed by atoms with Crippen molar-refractivity contribution in [2.75, 3.05) is 68.1 Å². The van der Waals surface area contributed by atoms with Crippen LogP contribution in [-0.2, 0) is 15.6 Å². The first-order chi connectivity index (χ1) is 31.5. The Kier molecular flexibility index (Phi) is 11.7. The molecular formula is C52H53N7O5S. The van der Waals surface area contributed by atoms with Crippen LogP contribution in [0.3, 0.4) is 0 Å². The van der Waals surface area contributed by atoms with Gasteiger partial charge < -0.3 is 24.2 Å². The Morgan fingerprint density at radius 2 is 1.38 bits per heavy atom. The number of hydrazone groups is 1. The van der Waals surface area contributed by atoms with Crippen molar-refractivity contribution in [3.05, 3.63) is 155 Å². The summed E-state index contributed by atoms with van der Waals surface area (Å²) in [6.45, 7) is 11.9. The van der Waals surface area contributed by atoms with Gasteiger partial charge in [0.2, 0.25) is 10.0 Å². The highest BCUT2D eigenvalue weighted by molar-refractivity contribution is 7.89. The van der Waals surface area contributed by atoms with E-state index in [2.05, 4.69) is 78.6 Å². The van der Waals surface area contributed by atoms with Crippen molar-refractivity contribution in [2.45, 2.75) is 38.1 Å². The van der Waals surface area contributed by atoms with Crippen molar-refractivity contribution in [2.24, 2.45) is 5.10 Å². The Hall–Kier alpha value is -6.96. The lowest BCUT2D eigenvalue weighted by Gasteiger charge is -2.42. The lowest BCUT2D eigenvalue weighted by atomic mass is 9.75. The number of aromatic nitrogens is 1. The minimum absolute atomic E-state index is 0.0306. The number of amides is 1. The molecule has 2 aliphatic heterocycles. The van der Waals surface area contributed by atoms with Gasteiger partial charge in [-0.2, -0.15) is 5.10 Å². The lowest BCUT2D eigenvalue weighted by Crippen LogP contribution is -2.44. The number of nitrogens with one attached hydrogen (secondary N) is 1. The first-order valence-corrected chi connectivity index (χ1v) is 23.7. The van der Waals surface area contributed by atoms with Gasteiger partial charge in [0.25, 0.3) is 5.91 Å². The van der Waals surface area contributed by atoms with E-state index in [1.807, 2.05) is 97.9 Å². The zero-order valence-electron chi connectivity index (χ0n) is 37.6. The second kappa shape index (κ2) is 17.5. The molecule has 13 heteroatoms. The molecule has 3 heterocycles. The van der Waals surface area contributed by atoms with E-state index >= 15 is 0 Å². The molecule has 0 unspecified atom stereocenters. The molecule has 0 fully saturated rings. The maximum atomic E-state index is 14.8. The van der Waals surface area contributed by atoms with Gasteiger partial charge in [0.1, 0.15) is 34.9 Å². The van der Waals surface area contributed by atoms with Crippen LogP contribution in [0.5, 0.6) is 17.2 Å². The minimum Gasteiger partial charge on any atom is -0.490 e. The molecule has 0 saturated heterocycles. The molecule has 0 radical (unpaired) electrons. The normalized spacial score (nSPS) is 13.8. The van der Waals surface area contributed by atoms with E-state index in [1.165, 1.54) is 0 Å². The first-order valence-electron chi connectivity index (χ1n) is 22.2. The van der Waals surface area contributed by atoms with Gasteiger partial charge in [-0.3, -0.25) is 4.79 Å². The van der Waals surface area contributed by atoms with Gasteiger partial charge in [-0.1, -0.05) is 72.8 Å². The number of para-hydroxylation sites is 1. The number of hydrogen-bond acceptors (Lipinski definition) is 10. The number of carbonyl (C=O) groups excluding carboxylic acids is 1. The molecule has 2 aliphatic rings. The fraction of sp³-hybridized carbons (Fsp3) is 0.250. The van der Waals surface area contributed by atoms with Crippen molar-refractivity contribution in [1.82, 2.24) is 14.7 Å². The number of benzene rings is 6. The predicted molar refractivity (Wildman–Crippen MR) is 261 cm³/mol. The summed E-state index contributed by atoms with van der Waals surface area (Å²) in [6.07, 6.45) is 1.62. The second-order valence-corrected chi connectivity index (χ2v) is 18.0. The summed E-state index contributed by atoms with van der Waals surface area (Å²) in [5.41, 5.74) is 5.89. The largest absolute Gasteiger partial charge is 0.490 e. The fourth-order valence-electron chi connectivity index (χ4n) is 9.39. The third-order valence-corrected chi connectivity index (χ3v) is 14.1. The molecule has 6 aromatic carbocycles. The average Bonchev–Trinajstić information content (AvgIpc) is 3.56. The van der Waals surface area contributed by atoms with E-state index in [9.17, 15) is 13.2 Å². The van der Waals surface area contributed by atoms with Gasteiger partial charge in [-0.25, -0.2) is 23.1 Å². The number of rotatable bonds is 15. The summed E-state index contributed by atoms with van der Waals surface area (Å²) in [7, 11) is 0.000597. The number of nitrogens with zero attached hydrogens (tertiary/aromatic N) is 6. The monoisotopic (exact) mass is 887 g/mol. The number of ether oxygens (including phenoxy) is 2. The fourth-order valence-corrected chi connectivity index (χ4v) is 10.6. The molecule has 1 N–H and O–H groups in total. The molecule has 0 aliphatic carbocycles. The third kappa shape index (κ3) is 7.48. The van der Waals surface area contributed by atoms with Gasteiger partial charge in [-0.15, -0.1) is 0 Å². The highest BCUT2D eigenvalue weighted by Gasteiger charge is 2.57. The van der Waals surface area contributed by atoms with Crippen LogP contribution in [0.4, 0.5) is 17.1 Å². The van der Waals surface area contributed by atoms with Crippen molar-refractivity contribution in [3.63, 3.8) is 0 Å². The van der Waals surface area contributed by atoms with Crippen LogP contribution in [0.25, 0.3) is 21.7 Å². The molecule has 0 bridgehead atoms. The smallest absolute Gasteiger partial charge is 0.275 e. The number of hydrogen-bond donors (Lipinski definition) is 1. The van der Waals surface area contributed by atoms with Crippen LogP contribution in [0.1, 0.15) is 60.4 Å². The Morgan fingerprint density at radius 3 is 2.06 bits per heavy atom. The molecule has 0 atom stereocenters. The van der Waals surface area contributed by atoms with Gasteiger partial charge in [-0.05, 0) is 70.2 Å². The average molecular weight is 888 g/mol. The van der Waals surface area contributed by atoms with E-state index in [4.69, 9.17) is 19.6 Å². The third-order valence-electron chi connectivity index (χ3n) is 12.5. The number of sulfonamides is 1. The highest BCUT2D eigenvalue weighted by atomic mass is 32.2. The van der Waals surface area contributed by atoms with E-state index in [0.717, 1.165) is 70.7 Å². The molecule has 0 saturated carbocycles. The Balaban J connectivity index is 1.05. The minimum atomic E-state index is -3.87.